The highest BCUT2D eigenvalue weighted by Crippen LogP contribution is 2.19. The summed E-state index contributed by atoms with van der Waals surface area (Å²) >= 11 is 0. The number of fused-ring (bicyclic) bond motifs is 1. The lowest BCUT2D eigenvalue weighted by atomic mass is 10.0. The van der Waals surface area contributed by atoms with E-state index in [1.807, 2.05) is 0 Å². The Kier molecular flexibility index (Phi) is 12.7. The molecular formula is C26H37N7O8. The van der Waals surface area contributed by atoms with Crippen molar-refractivity contribution in [3.05, 3.63) is 36.0 Å². The lowest BCUT2D eigenvalue weighted by Gasteiger charge is -2.25. The third kappa shape index (κ3) is 10.5. The second kappa shape index (κ2) is 15.9. The number of carbonyl (C=O) groups excluding carboxylic acids is 4. The average Bonchev–Trinajstić information content (AvgIpc) is 3.32. The Bertz CT molecular complexity index is 1250. The van der Waals surface area contributed by atoms with Crippen LogP contribution in [0.25, 0.3) is 10.9 Å². The summed E-state index contributed by atoms with van der Waals surface area (Å²) in [4.78, 5) is 76.4. The van der Waals surface area contributed by atoms with Crippen molar-refractivity contribution >= 4 is 46.5 Å². The van der Waals surface area contributed by atoms with Crippen LogP contribution in [0, 0.1) is 0 Å². The van der Waals surface area contributed by atoms with Crippen molar-refractivity contribution in [2.24, 2.45) is 17.2 Å². The second-order valence-electron chi connectivity index (χ2n) is 9.58. The monoisotopic (exact) mass is 575 g/mol. The van der Waals surface area contributed by atoms with Gasteiger partial charge in [0.05, 0.1) is 12.5 Å². The number of para-hydroxylation sites is 1. The van der Waals surface area contributed by atoms with E-state index in [0.717, 1.165) is 10.9 Å². The standard InChI is InChI=1S/C26H37N7O8/c27-10-4-3-6-16(28)23(37)31-18(8-9-21(29)34)24(38)32-19(25(39)33-20(26(40)41)12-22(35)36)11-14-13-30-17-7-2-1-5-15(14)17/h1-2,5,7,13,16,18-20,30H,3-4,6,8-12,27-28H2,(H2,29,34)(H,31,37)(H,32,38)(H,33,39)(H,35,36)(H,40,41). The van der Waals surface area contributed by atoms with E-state index in [2.05, 4.69) is 20.9 Å². The quantitative estimate of drug-likeness (QED) is 0.0922. The number of rotatable bonds is 18. The highest BCUT2D eigenvalue weighted by Gasteiger charge is 2.32. The minimum atomic E-state index is -1.76. The number of nitrogens with one attached hydrogen (secondary N) is 4. The summed E-state index contributed by atoms with van der Waals surface area (Å²) in [5, 5.41) is 26.3. The predicted octanol–water partition coefficient (Wildman–Crippen LogP) is -1.55. The van der Waals surface area contributed by atoms with E-state index >= 15 is 0 Å². The summed E-state index contributed by atoms with van der Waals surface area (Å²) in [6, 6.07) is 1.74. The van der Waals surface area contributed by atoms with Gasteiger partial charge in [0.1, 0.15) is 18.1 Å². The van der Waals surface area contributed by atoms with Gasteiger partial charge in [0.2, 0.25) is 23.6 Å². The number of primary amides is 1. The maximum absolute atomic E-state index is 13.3. The van der Waals surface area contributed by atoms with Crippen molar-refractivity contribution in [1.82, 2.24) is 20.9 Å². The number of carbonyl (C=O) groups is 6. The molecule has 0 bridgehead atoms. The Morgan fingerprint density at radius 1 is 0.854 bits per heavy atom. The normalized spacial score (nSPS) is 13.9. The van der Waals surface area contributed by atoms with Crippen LogP contribution in [0.15, 0.2) is 30.5 Å². The lowest BCUT2D eigenvalue weighted by molar-refractivity contribution is -0.147. The van der Waals surface area contributed by atoms with Crippen LogP contribution in [0.4, 0.5) is 0 Å². The molecule has 15 heteroatoms. The minimum absolute atomic E-state index is 0.115. The Labute approximate surface area is 235 Å². The molecule has 2 aromatic rings. The third-order valence-corrected chi connectivity index (χ3v) is 6.34. The van der Waals surface area contributed by atoms with Crippen molar-refractivity contribution in [3.8, 4) is 0 Å². The number of hydrogen-bond acceptors (Lipinski definition) is 8. The van der Waals surface area contributed by atoms with Gasteiger partial charge < -0.3 is 48.3 Å². The van der Waals surface area contributed by atoms with Gasteiger partial charge in [-0.15, -0.1) is 0 Å². The van der Waals surface area contributed by atoms with Gasteiger partial charge in [0, 0.05) is 29.9 Å². The topological polar surface area (TPSA) is 273 Å². The molecule has 1 aromatic heterocycles. The zero-order valence-electron chi connectivity index (χ0n) is 22.4. The molecule has 1 aromatic carbocycles. The molecule has 0 spiro atoms. The van der Waals surface area contributed by atoms with E-state index in [4.69, 9.17) is 22.3 Å². The smallest absolute Gasteiger partial charge is 0.326 e. The molecule has 0 aliphatic heterocycles. The first-order valence-electron chi connectivity index (χ1n) is 13.1. The Hall–Kier alpha value is -4.50. The Morgan fingerprint density at radius 3 is 2.12 bits per heavy atom. The predicted molar refractivity (Wildman–Crippen MR) is 147 cm³/mol. The molecule has 0 aliphatic carbocycles. The number of aromatic amines is 1. The molecule has 0 saturated heterocycles. The van der Waals surface area contributed by atoms with Gasteiger partial charge in [0.25, 0.3) is 0 Å². The van der Waals surface area contributed by atoms with Crippen LogP contribution in [0.3, 0.4) is 0 Å². The first-order chi connectivity index (χ1) is 19.4. The Morgan fingerprint density at radius 2 is 1.49 bits per heavy atom. The van der Waals surface area contributed by atoms with E-state index in [9.17, 15) is 33.9 Å². The maximum Gasteiger partial charge on any atom is 0.326 e. The molecule has 15 nitrogen and oxygen atoms in total. The van der Waals surface area contributed by atoms with Crippen molar-refractivity contribution < 1.29 is 39.0 Å². The number of aliphatic carboxylic acids is 2. The fourth-order valence-corrected chi connectivity index (χ4v) is 4.12. The molecule has 4 unspecified atom stereocenters. The first-order valence-corrected chi connectivity index (χ1v) is 13.1. The number of aromatic nitrogens is 1. The number of nitrogens with two attached hydrogens (primary N) is 3. The molecule has 41 heavy (non-hydrogen) atoms. The number of amides is 4. The molecule has 0 fully saturated rings. The van der Waals surface area contributed by atoms with E-state index in [1.165, 1.54) is 0 Å². The van der Waals surface area contributed by atoms with Crippen LogP contribution in [-0.4, -0.2) is 81.5 Å². The maximum atomic E-state index is 13.3. The third-order valence-electron chi connectivity index (χ3n) is 6.34. The van der Waals surface area contributed by atoms with E-state index in [-0.39, 0.29) is 19.3 Å². The van der Waals surface area contributed by atoms with Crippen LogP contribution in [-0.2, 0) is 35.2 Å². The summed E-state index contributed by atoms with van der Waals surface area (Å²) < 4.78 is 0. The Balaban J connectivity index is 2.31. The highest BCUT2D eigenvalue weighted by molar-refractivity contribution is 5.95. The van der Waals surface area contributed by atoms with Gasteiger partial charge in [-0.3, -0.25) is 24.0 Å². The number of carboxylic acid groups (broad SMARTS) is 2. The highest BCUT2D eigenvalue weighted by atomic mass is 16.4. The van der Waals surface area contributed by atoms with Gasteiger partial charge >= 0.3 is 11.9 Å². The molecule has 12 N–H and O–H groups in total. The molecule has 4 amide bonds. The number of H-pyrrole nitrogens is 1. The summed E-state index contributed by atoms with van der Waals surface area (Å²) in [7, 11) is 0. The SMILES string of the molecule is NCCCCC(N)C(=O)NC(CCC(N)=O)C(=O)NC(Cc1c[nH]c2ccccc12)C(=O)NC(CC(=O)O)C(=O)O. The van der Waals surface area contributed by atoms with E-state index < -0.39 is 66.2 Å². The zero-order chi connectivity index (χ0) is 30.5. The lowest BCUT2D eigenvalue weighted by Crippen LogP contribution is -2.57. The van der Waals surface area contributed by atoms with Crippen molar-refractivity contribution in [2.45, 2.75) is 69.1 Å². The number of carboxylic acids is 2. The molecule has 2 rings (SSSR count). The van der Waals surface area contributed by atoms with Crippen LogP contribution in [0.5, 0.6) is 0 Å². The zero-order valence-corrected chi connectivity index (χ0v) is 22.4. The van der Waals surface area contributed by atoms with Gasteiger partial charge in [-0.2, -0.15) is 0 Å². The number of benzene rings is 1. The fourth-order valence-electron chi connectivity index (χ4n) is 4.12. The first kappa shape index (κ1) is 32.7. The van der Waals surface area contributed by atoms with Gasteiger partial charge in [-0.1, -0.05) is 24.6 Å². The van der Waals surface area contributed by atoms with Crippen LogP contribution < -0.4 is 33.2 Å². The summed E-state index contributed by atoms with van der Waals surface area (Å²) in [6.07, 6.45) is 1.69. The van der Waals surface area contributed by atoms with E-state index in [0.29, 0.717) is 31.4 Å². The number of hydrogen-bond donors (Lipinski definition) is 9. The van der Waals surface area contributed by atoms with Crippen LogP contribution >= 0.6 is 0 Å². The molecule has 0 saturated carbocycles. The molecule has 0 aliphatic rings. The van der Waals surface area contributed by atoms with Crippen LogP contribution in [0.2, 0.25) is 0 Å². The summed E-state index contributed by atoms with van der Waals surface area (Å²) in [6.45, 7) is 0.424. The van der Waals surface area contributed by atoms with Gasteiger partial charge in [-0.25, -0.2) is 4.79 Å². The van der Waals surface area contributed by atoms with Crippen molar-refractivity contribution in [3.63, 3.8) is 0 Å². The molecule has 4 atom stereocenters. The van der Waals surface area contributed by atoms with Crippen molar-refractivity contribution in [2.75, 3.05) is 6.54 Å². The van der Waals surface area contributed by atoms with Crippen LogP contribution in [0.1, 0.15) is 44.1 Å². The fraction of sp³-hybridized carbons (Fsp3) is 0.462. The second-order valence-corrected chi connectivity index (χ2v) is 9.58. The van der Waals surface area contributed by atoms with Gasteiger partial charge in [-0.05, 0) is 37.4 Å². The largest absolute Gasteiger partial charge is 0.481 e. The molecular weight excluding hydrogens is 538 g/mol. The molecule has 1 heterocycles. The molecule has 224 valence electrons. The summed E-state index contributed by atoms with van der Waals surface area (Å²) in [5.74, 6) is -6.22. The van der Waals surface area contributed by atoms with Crippen molar-refractivity contribution in [1.29, 1.82) is 0 Å². The number of unbranched alkanes of at least 4 members (excludes halogenated alkanes) is 1. The average molecular weight is 576 g/mol. The minimum Gasteiger partial charge on any atom is -0.481 e. The van der Waals surface area contributed by atoms with Gasteiger partial charge in [0.15, 0.2) is 0 Å². The summed E-state index contributed by atoms with van der Waals surface area (Å²) in [5.41, 5.74) is 18.0. The molecule has 0 radical (unpaired) electrons. The van der Waals surface area contributed by atoms with E-state index in [1.54, 1.807) is 30.5 Å².